The molecule has 0 atom stereocenters. The maximum atomic E-state index is 13.5. The van der Waals surface area contributed by atoms with Crippen molar-refractivity contribution in [3.8, 4) is 11.5 Å². The molecule has 0 aliphatic rings. The summed E-state index contributed by atoms with van der Waals surface area (Å²) in [5, 5.41) is 0. The second-order valence-electron chi connectivity index (χ2n) is 6.38. The molecule has 3 aromatic rings. The van der Waals surface area contributed by atoms with E-state index in [0.717, 1.165) is 11.1 Å². The van der Waals surface area contributed by atoms with E-state index in [4.69, 9.17) is 9.47 Å². The fourth-order valence-electron chi connectivity index (χ4n) is 2.93. The van der Waals surface area contributed by atoms with Crippen LogP contribution in [0, 0.1) is 6.92 Å². The van der Waals surface area contributed by atoms with Crippen molar-refractivity contribution in [1.29, 1.82) is 0 Å². The van der Waals surface area contributed by atoms with Gasteiger partial charge in [-0.1, -0.05) is 35.9 Å². The fourth-order valence-corrected chi connectivity index (χ4v) is 4.38. The van der Waals surface area contributed by atoms with Crippen molar-refractivity contribution in [2.75, 3.05) is 18.5 Å². The first-order valence-electron chi connectivity index (χ1n) is 8.80. The molecule has 0 radical (unpaired) electrons. The van der Waals surface area contributed by atoms with Gasteiger partial charge in [-0.3, -0.25) is 4.31 Å². The van der Waals surface area contributed by atoms with Gasteiger partial charge in [0.1, 0.15) is 11.5 Å². The van der Waals surface area contributed by atoms with Crippen LogP contribution >= 0.6 is 0 Å². The molecule has 146 valence electrons. The number of aryl methyl sites for hydroxylation is 1. The first kappa shape index (κ1) is 19.8. The van der Waals surface area contributed by atoms with Gasteiger partial charge in [-0.05, 0) is 48.9 Å². The van der Waals surface area contributed by atoms with Crippen molar-refractivity contribution >= 4 is 15.7 Å². The number of hydrogen-bond acceptors (Lipinski definition) is 4. The molecule has 0 heterocycles. The van der Waals surface area contributed by atoms with Crippen molar-refractivity contribution < 1.29 is 17.9 Å². The summed E-state index contributed by atoms with van der Waals surface area (Å²) in [7, 11) is -0.690. The highest BCUT2D eigenvalue weighted by molar-refractivity contribution is 7.92. The Morgan fingerprint density at radius 3 is 2.14 bits per heavy atom. The van der Waals surface area contributed by atoms with E-state index in [1.807, 2.05) is 31.2 Å². The van der Waals surface area contributed by atoms with E-state index >= 15 is 0 Å². The number of hydrogen-bond donors (Lipinski definition) is 0. The maximum absolute atomic E-state index is 13.5. The van der Waals surface area contributed by atoms with Gasteiger partial charge in [0.2, 0.25) is 0 Å². The van der Waals surface area contributed by atoms with Crippen molar-refractivity contribution in [2.24, 2.45) is 0 Å². The normalized spacial score (nSPS) is 11.1. The minimum atomic E-state index is -3.79. The molecule has 0 aromatic heterocycles. The lowest BCUT2D eigenvalue weighted by Gasteiger charge is -2.25. The summed E-state index contributed by atoms with van der Waals surface area (Å²) in [6.07, 6.45) is 0. The molecule has 0 aliphatic carbocycles. The molecule has 0 N–H and O–H groups in total. The molecular weight excluding hydrogens is 374 g/mol. The van der Waals surface area contributed by atoms with Crippen LogP contribution in [0.1, 0.15) is 11.1 Å². The van der Waals surface area contributed by atoms with Crippen LogP contribution in [0.3, 0.4) is 0 Å². The smallest absolute Gasteiger partial charge is 0.264 e. The Morgan fingerprint density at radius 1 is 0.821 bits per heavy atom. The quantitative estimate of drug-likeness (QED) is 0.593. The topological polar surface area (TPSA) is 55.8 Å². The number of anilines is 1. The van der Waals surface area contributed by atoms with Crippen molar-refractivity contribution in [3.05, 3.63) is 83.9 Å². The fraction of sp³-hybridized carbons (Fsp3) is 0.182. The Bertz CT molecular complexity index is 1050. The maximum Gasteiger partial charge on any atom is 0.264 e. The molecular formula is C22H23NO4S. The third kappa shape index (κ3) is 4.28. The number of methoxy groups -OCH3 is 2. The van der Waals surface area contributed by atoms with Crippen LogP contribution in [0.25, 0.3) is 0 Å². The molecule has 0 spiro atoms. The zero-order chi connectivity index (χ0) is 20.1. The van der Waals surface area contributed by atoms with Gasteiger partial charge in [-0.25, -0.2) is 8.42 Å². The lowest BCUT2D eigenvalue weighted by atomic mass is 10.1. The predicted molar refractivity (Wildman–Crippen MR) is 111 cm³/mol. The van der Waals surface area contributed by atoms with Crippen molar-refractivity contribution in [3.63, 3.8) is 0 Å². The van der Waals surface area contributed by atoms with E-state index in [-0.39, 0.29) is 11.4 Å². The summed E-state index contributed by atoms with van der Waals surface area (Å²) in [5.74, 6) is 1.20. The third-order valence-corrected chi connectivity index (χ3v) is 6.19. The van der Waals surface area contributed by atoms with Gasteiger partial charge >= 0.3 is 0 Å². The van der Waals surface area contributed by atoms with Crippen LogP contribution in [0.15, 0.2) is 77.7 Å². The van der Waals surface area contributed by atoms with Crippen molar-refractivity contribution in [2.45, 2.75) is 18.4 Å². The second kappa shape index (κ2) is 8.35. The zero-order valence-corrected chi connectivity index (χ0v) is 16.9. The van der Waals surface area contributed by atoms with Crippen LogP contribution in [0.5, 0.6) is 11.5 Å². The average molecular weight is 397 g/mol. The predicted octanol–water partition coefficient (Wildman–Crippen LogP) is 4.41. The van der Waals surface area contributed by atoms with Gasteiger partial charge in [0.05, 0.1) is 31.3 Å². The molecule has 0 bridgehead atoms. The number of ether oxygens (including phenoxy) is 2. The van der Waals surface area contributed by atoms with Crippen LogP contribution < -0.4 is 13.8 Å². The molecule has 0 saturated carbocycles. The number of sulfonamides is 1. The number of nitrogens with zero attached hydrogens (tertiary/aromatic N) is 1. The summed E-state index contributed by atoms with van der Waals surface area (Å²) in [6, 6.07) is 21.2. The van der Waals surface area contributed by atoms with E-state index in [1.165, 1.54) is 4.31 Å². The number of rotatable bonds is 7. The Balaban J connectivity index is 2.08. The summed E-state index contributed by atoms with van der Waals surface area (Å²) < 4.78 is 38.8. The highest BCUT2D eigenvalue weighted by atomic mass is 32.2. The first-order valence-corrected chi connectivity index (χ1v) is 10.2. The standard InChI is InChI=1S/C22H23NO4S/c1-17-6-4-7-18(14-17)16-23(19-8-5-9-21(15-19)27-3)28(24,25)22-12-10-20(26-2)11-13-22/h4-15H,16H2,1-3H3. The molecule has 5 nitrogen and oxygen atoms in total. The minimum absolute atomic E-state index is 0.198. The van der Waals surface area contributed by atoms with E-state index in [0.29, 0.717) is 17.2 Å². The van der Waals surface area contributed by atoms with Crippen LogP contribution in [0.4, 0.5) is 5.69 Å². The molecule has 0 fully saturated rings. The van der Waals surface area contributed by atoms with E-state index in [9.17, 15) is 8.42 Å². The Hall–Kier alpha value is -2.99. The van der Waals surface area contributed by atoms with Crippen LogP contribution in [0.2, 0.25) is 0 Å². The molecule has 28 heavy (non-hydrogen) atoms. The van der Waals surface area contributed by atoms with Gasteiger partial charge in [0.15, 0.2) is 0 Å². The average Bonchev–Trinajstić information content (AvgIpc) is 2.72. The molecule has 0 unspecified atom stereocenters. The van der Waals surface area contributed by atoms with Gasteiger partial charge < -0.3 is 9.47 Å². The highest BCUT2D eigenvalue weighted by Gasteiger charge is 2.25. The van der Waals surface area contributed by atoms with Gasteiger partial charge in [-0.2, -0.15) is 0 Å². The monoisotopic (exact) mass is 397 g/mol. The van der Waals surface area contributed by atoms with Gasteiger partial charge in [0, 0.05) is 6.07 Å². The third-order valence-electron chi connectivity index (χ3n) is 4.40. The molecule has 3 aromatic carbocycles. The van der Waals surface area contributed by atoms with E-state index in [2.05, 4.69) is 0 Å². The summed E-state index contributed by atoms with van der Waals surface area (Å²) >= 11 is 0. The first-order chi connectivity index (χ1) is 13.4. The van der Waals surface area contributed by atoms with Gasteiger partial charge in [0.25, 0.3) is 10.0 Å². The molecule has 0 aliphatic heterocycles. The summed E-state index contributed by atoms with van der Waals surface area (Å²) in [6.45, 7) is 2.20. The molecule has 3 rings (SSSR count). The second-order valence-corrected chi connectivity index (χ2v) is 8.24. The minimum Gasteiger partial charge on any atom is -0.497 e. The molecule has 0 amide bonds. The van der Waals surface area contributed by atoms with E-state index < -0.39 is 10.0 Å². The lowest BCUT2D eigenvalue weighted by Crippen LogP contribution is -2.30. The van der Waals surface area contributed by atoms with Crippen LogP contribution in [-0.4, -0.2) is 22.6 Å². The largest absolute Gasteiger partial charge is 0.497 e. The Kier molecular flexibility index (Phi) is 5.90. The summed E-state index contributed by atoms with van der Waals surface area (Å²) in [5.41, 5.74) is 2.52. The van der Waals surface area contributed by atoms with Crippen molar-refractivity contribution in [1.82, 2.24) is 0 Å². The van der Waals surface area contributed by atoms with Crippen LogP contribution in [-0.2, 0) is 16.6 Å². The number of benzene rings is 3. The lowest BCUT2D eigenvalue weighted by molar-refractivity contribution is 0.414. The Morgan fingerprint density at radius 2 is 1.50 bits per heavy atom. The van der Waals surface area contributed by atoms with Gasteiger partial charge in [-0.15, -0.1) is 0 Å². The zero-order valence-electron chi connectivity index (χ0n) is 16.1. The SMILES string of the molecule is COc1ccc(S(=O)(=O)N(Cc2cccc(C)c2)c2cccc(OC)c2)cc1. The van der Waals surface area contributed by atoms with E-state index in [1.54, 1.807) is 62.8 Å². The molecule has 0 saturated heterocycles. The Labute approximate surface area is 166 Å². The molecule has 6 heteroatoms. The summed E-state index contributed by atoms with van der Waals surface area (Å²) in [4.78, 5) is 0.198. The highest BCUT2D eigenvalue weighted by Crippen LogP contribution is 2.29.